The Labute approximate surface area is 148 Å². The highest BCUT2D eigenvalue weighted by atomic mass is 127. The smallest absolute Gasteiger partial charge is 0.191 e. The van der Waals surface area contributed by atoms with Crippen molar-refractivity contribution in [2.24, 2.45) is 4.99 Å². The van der Waals surface area contributed by atoms with Crippen molar-refractivity contribution >= 4 is 29.9 Å². The molecule has 0 atom stereocenters. The monoisotopic (exact) mass is 411 g/mol. The molecule has 0 spiro atoms. The Morgan fingerprint density at radius 1 is 1.36 bits per heavy atom. The van der Waals surface area contributed by atoms with Crippen LogP contribution in [0.1, 0.15) is 12.5 Å². The molecule has 1 aromatic carbocycles. The van der Waals surface area contributed by atoms with Gasteiger partial charge in [0.1, 0.15) is 0 Å². The van der Waals surface area contributed by atoms with Crippen molar-refractivity contribution in [3.05, 3.63) is 61.2 Å². The molecule has 0 amide bonds. The van der Waals surface area contributed by atoms with Crippen molar-refractivity contribution in [3.63, 3.8) is 0 Å². The van der Waals surface area contributed by atoms with Crippen LogP contribution >= 0.6 is 24.0 Å². The third-order valence-electron chi connectivity index (χ3n) is 2.94. The molecular weight excluding hydrogens is 389 g/mol. The summed E-state index contributed by atoms with van der Waals surface area (Å²) in [7, 11) is 0. The van der Waals surface area contributed by atoms with Gasteiger partial charge in [-0.05, 0) is 18.6 Å². The molecule has 0 fully saturated rings. The maximum Gasteiger partial charge on any atom is 0.191 e. The molecule has 0 unspecified atom stereocenters. The van der Waals surface area contributed by atoms with E-state index in [4.69, 9.17) is 0 Å². The van der Waals surface area contributed by atoms with Crippen molar-refractivity contribution in [1.82, 2.24) is 20.2 Å². The van der Waals surface area contributed by atoms with Crippen LogP contribution < -0.4 is 10.6 Å². The van der Waals surface area contributed by atoms with E-state index in [2.05, 4.69) is 39.3 Å². The number of hydrogen-bond acceptors (Lipinski definition) is 2. The van der Waals surface area contributed by atoms with Crippen molar-refractivity contribution in [3.8, 4) is 5.69 Å². The fraction of sp³-hybridized carbons (Fsp3) is 0.250. The minimum absolute atomic E-state index is 0. The number of aliphatic imine (C=N–C) groups is 1. The van der Waals surface area contributed by atoms with Gasteiger partial charge in [-0.1, -0.05) is 24.3 Å². The maximum atomic E-state index is 4.60. The molecule has 5 nitrogen and oxygen atoms in total. The number of halogens is 1. The Bertz CT molecular complexity index is 592. The lowest BCUT2D eigenvalue weighted by atomic mass is 10.2. The normalized spacial score (nSPS) is 10.7. The molecule has 118 valence electrons. The Balaban J connectivity index is 0.00000242. The van der Waals surface area contributed by atoms with Crippen LogP contribution in [-0.2, 0) is 6.54 Å². The summed E-state index contributed by atoms with van der Waals surface area (Å²) in [6.07, 6.45) is 7.31. The minimum Gasteiger partial charge on any atom is -0.357 e. The van der Waals surface area contributed by atoms with E-state index in [1.54, 1.807) is 12.5 Å². The van der Waals surface area contributed by atoms with Crippen molar-refractivity contribution in [2.45, 2.75) is 13.5 Å². The summed E-state index contributed by atoms with van der Waals surface area (Å²) < 4.78 is 1.99. The SMILES string of the molecule is C=CCNC(=NCc1ccccc1-n1ccnc1)NCC.I. The van der Waals surface area contributed by atoms with E-state index in [1.807, 2.05) is 35.9 Å². The van der Waals surface area contributed by atoms with Crippen LogP contribution in [0.2, 0.25) is 0 Å². The van der Waals surface area contributed by atoms with E-state index < -0.39 is 0 Å². The molecule has 0 radical (unpaired) electrons. The topological polar surface area (TPSA) is 54.2 Å². The largest absolute Gasteiger partial charge is 0.357 e. The Hall–Kier alpha value is -1.83. The first-order valence-corrected chi connectivity index (χ1v) is 7.04. The number of rotatable bonds is 6. The Morgan fingerprint density at radius 3 is 2.86 bits per heavy atom. The van der Waals surface area contributed by atoms with Gasteiger partial charge in [-0.2, -0.15) is 0 Å². The van der Waals surface area contributed by atoms with Gasteiger partial charge in [-0.25, -0.2) is 9.98 Å². The predicted octanol–water partition coefficient (Wildman–Crippen LogP) is 2.73. The van der Waals surface area contributed by atoms with Crippen molar-refractivity contribution in [2.75, 3.05) is 13.1 Å². The van der Waals surface area contributed by atoms with Gasteiger partial charge >= 0.3 is 0 Å². The van der Waals surface area contributed by atoms with Crippen LogP contribution in [0, 0.1) is 0 Å². The molecular formula is C16H22IN5. The van der Waals surface area contributed by atoms with Gasteiger partial charge in [0.25, 0.3) is 0 Å². The van der Waals surface area contributed by atoms with Crippen molar-refractivity contribution < 1.29 is 0 Å². The highest BCUT2D eigenvalue weighted by Gasteiger charge is 2.03. The second-order valence-electron chi connectivity index (χ2n) is 4.46. The van der Waals surface area contributed by atoms with Crippen LogP contribution in [0.15, 0.2) is 60.6 Å². The van der Waals surface area contributed by atoms with Gasteiger partial charge in [-0.3, -0.25) is 0 Å². The summed E-state index contributed by atoms with van der Waals surface area (Å²) in [5.74, 6) is 0.790. The molecule has 2 N–H and O–H groups in total. The molecule has 0 aliphatic heterocycles. The lowest BCUT2D eigenvalue weighted by molar-refractivity contribution is 0.857. The number of para-hydroxylation sites is 1. The number of hydrogen-bond donors (Lipinski definition) is 2. The van der Waals surface area contributed by atoms with E-state index in [1.165, 1.54) is 0 Å². The molecule has 2 aromatic rings. The first-order chi connectivity index (χ1) is 10.3. The molecule has 0 aliphatic rings. The quantitative estimate of drug-likeness (QED) is 0.333. The summed E-state index contributed by atoms with van der Waals surface area (Å²) in [5.41, 5.74) is 2.24. The highest BCUT2D eigenvalue weighted by Crippen LogP contribution is 2.14. The van der Waals surface area contributed by atoms with Gasteiger partial charge in [-0.15, -0.1) is 30.6 Å². The summed E-state index contributed by atoms with van der Waals surface area (Å²) in [5, 5.41) is 6.41. The fourth-order valence-corrected chi connectivity index (χ4v) is 1.97. The van der Waals surface area contributed by atoms with E-state index in [0.29, 0.717) is 13.1 Å². The van der Waals surface area contributed by atoms with E-state index in [-0.39, 0.29) is 24.0 Å². The molecule has 0 saturated heterocycles. The second-order valence-corrected chi connectivity index (χ2v) is 4.46. The van der Waals surface area contributed by atoms with Gasteiger partial charge < -0.3 is 15.2 Å². The molecule has 0 bridgehead atoms. The first-order valence-electron chi connectivity index (χ1n) is 7.04. The third-order valence-corrected chi connectivity index (χ3v) is 2.94. The fourth-order valence-electron chi connectivity index (χ4n) is 1.97. The van der Waals surface area contributed by atoms with Crippen LogP contribution in [0.25, 0.3) is 5.69 Å². The first kappa shape index (κ1) is 18.2. The lowest BCUT2D eigenvalue weighted by Gasteiger charge is -2.11. The molecule has 6 heteroatoms. The van der Waals surface area contributed by atoms with E-state index in [0.717, 1.165) is 23.8 Å². The predicted molar refractivity (Wildman–Crippen MR) is 102 cm³/mol. The second kappa shape index (κ2) is 9.99. The number of nitrogens with zero attached hydrogens (tertiary/aromatic N) is 3. The number of benzene rings is 1. The summed E-state index contributed by atoms with van der Waals surface area (Å²) >= 11 is 0. The number of imidazole rings is 1. The molecule has 2 rings (SSSR count). The lowest BCUT2D eigenvalue weighted by Crippen LogP contribution is -2.37. The molecule has 0 aliphatic carbocycles. The number of nitrogens with one attached hydrogen (secondary N) is 2. The summed E-state index contributed by atoms with van der Waals surface area (Å²) in [6, 6.07) is 8.19. The molecule has 0 saturated carbocycles. The van der Waals surface area contributed by atoms with Crippen LogP contribution in [0.5, 0.6) is 0 Å². The standard InChI is InChI=1S/C16H21N5.HI/c1-3-9-19-16(18-4-2)20-12-14-7-5-6-8-15(14)21-11-10-17-13-21;/h3,5-8,10-11,13H,1,4,9,12H2,2H3,(H2,18,19,20);1H. The van der Waals surface area contributed by atoms with Crippen LogP contribution in [-0.4, -0.2) is 28.6 Å². The van der Waals surface area contributed by atoms with Crippen LogP contribution in [0.4, 0.5) is 0 Å². The van der Waals surface area contributed by atoms with Crippen LogP contribution in [0.3, 0.4) is 0 Å². The number of guanidine groups is 1. The zero-order valence-electron chi connectivity index (χ0n) is 12.7. The molecule has 1 aromatic heterocycles. The van der Waals surface area contributed by atoms with E-state index >= 15 is 0 Å². The average molecular weight is 411 g/mol. The maximum absolute atomic E-state index is 4.60. The third kappa shape index (κ3) is 5.18. The van der Waals surface area contributed by atoms with Gasteiger partial charge in [0.05, 0.1) is 18.6 Å². The summed E-state index contributed by atoms with van der Waals surface area (Å²) in [6.45, 7) is 7.86. The summed E-state index contributed by atoms with van der Waals surface area (Å²) in [4.78, 5) is 8.70. The van der Waals surface area contributed by atoms with Crippen molar-refractivity contribution in [1.29, 1.82) is 0 Å². The van der Waals surface area contributed by atoms with Gasteiger partial charge in [0.2, 0.25) is 0 Å². The van der Waals surface area contributed by atoms with E-state index in [9.17, 15) is 0 Å². The number of aromatic nitrogens is 2. The molecule has 22 heavy (non-hydrogen) atoms. The Kier molecular flexibility index (Phi) is 8.27. The highest BCUT2D eigenvalue weighted by molar-refractivity contribution is 14.0. The zero-order chi connectivity index (χ0) is 14.9. The molecule has 1 heterocycles. The van der Waals surface area contributed by atoms with Gasteiger partial charge in [0.15, 0.2) is 5.96 Å². The Morgan fingerprint density at radius 2 is 2.18 bits per heavy atom. The average Bonchev–Trinajstić information content (AvgIpc) is 3.04. The zero-order valence-corrected chi connectivity index (χ0v) is 15.0. The minimum atomic E-state index is 0. The van der Waals surface area contributed by atoms with Gasteiger partial charge in [0, 0.05) is 25.5 Å².